The van der Waals surface area contributed by atoms with Gasteiger partial charge in [0.2, 0.25) is 0 Å². The molecule has 11 atom stereocenters. The van der Waals surface area contributed by atoms with E-state index in [0.29, 0.717) is 12.0 Å². The fourth-order valence-corrected chi connectivity index (χ4v) is 10.3. The van der Waals surface area contributed by atoms with Gasteiger partial charge in [0.25, 0.3) is 0 Å². The molecule has 0 unspecified atom stereocenters. The predicted octanol–water partition coefficient (Wildman–Crippen LogP) is 4.92. The fourth-order valence-electron chi connectivity index (χ4n) is 10.3. The van der Waals surface area contributed by atoms with E-state index < -0.39 is 112 Å². The molecule has 4 aliphatic carbocycles. The Labute approximate surface area is 344 Å². The number of Topliss-reactive ketones (excluding diaryl/α,β-unsaturated/α-hetero) is 1. The van der Waals surface area contributed by atoms with Gasteiger partial charge in [0.05, 0.1) is 29.0 Å². The lowest BCUT2D eigenvalue weighted by atomic mass is 9.41. The first-order valence-electron chi connectivity index (χ1n) is 20.1. The topological polar surface area (TPSA) is 204 Å². The Hall–Kier alpha value is -4.63. The number of hydrogen-bond donors (Lipinski definition) is 4. The number of aliphatic hydroxyl groups excluding tert-OH is 2. The lowest BCUT2D eigenvalue weighted by molar-refractivity contribution is -0.296. The van der Waals surface area contributed by atoms with E-state index in [9.17, 15) is 34.5 Å². The fraction of sp³-hybridized carbons (Fsp3) is 0.578. The molecule has 2 aromatic carbocycles. The molecular formula is C45H57NO13. The molecule has 0 saturated heterocycles. The van der Waals surface area contributed by atoms with Gasteiger partial charge < -0.3 is 44.3 Å². The Morgan fingerprint density at radius 2 is 1.54 bits per heavy atom. The lowest BCUT2D eigenvalue weighted by Crippen LogP contribution is -2.78. The second-order valence-electron chi connectivity index (χ2n) is 18.2. The van der Waals surface area contributed by atoms with Crippen molar-refractivity contribution in [3.63, 3.8) is 0 Å². The Kier molecular flexibility index (Phi) is 11.7. The van der Waals surface area contributed by atoms with Crippen LogP contribution in [0.2, 0.25) is 0 Å². The van der Waals surface area contributed by atoms with Gasteiger partial charge in [0.1, 0.15) is 35.1 Å². The number of nitrogens with one attached hydrogen (secondary N) is 1. The Balaban J connectivity index is 1.50. The van der Waals surface area contributed by atoms with Gasteiger partial charge in [-0.25, -0.2) is 14.4 Å². The number of ketones is 1. The van der Waals surface area contributed by atoms with E-state index in [4.69, 9.17) is 23.7 Å². The second-order valence-corrected chi connectivity index (χ2v) is 18.2. The molecule has 3 fully saturated rings. The maximum absolute atomic E-state index is 15.1. The smallest absolute Gasteiger partial charge is 0.408 e. The Morgan fingerprint density at radius 3 is 2.08 bits per heavy atom. The predicted molar refractivity (Wildman–Crippen MR) is 211 cm³/mol. The zero-order valence-electron chi connectivity index (χ0n) is 35.1. The number of benzene rings is 2. The third-order valence-electron chi connectivity index (χ3n) is 13.4. The van der Waals surface area contributed by atoms with Crippen LogP contribution in [-0.2, 0) is 38.1 Å². The molecule has 0 radical (unpaired) electrons. The third-order valence-corrected chi connectivity index (χ3v) is 13.4. The van der Waals surface area contributed by atoms with Crippen molar-refractivity contribution < 1.29 is 63.0 Å². The van der Waals surface area contributed by atoms with Crippen molar-refractivity contribution in [3.05, 3.63) is 82.9 Å². The summed E-state index contributed by atoms with van der Waals surface area (Å²) in [7, 11) is 1.27. The lowest BCUT2D eigenvalue weighted by Gasteiger charge is -2.68. The normalized spacial score (nSPS) is 33.3. The van der Waals surface area contributed by atoms with Crippen LogP contribution in [0.3, 0.4) is 0 Å². The number of hydrogen-bond acceptors (Lipinski definition) is 13. The van der Waals surface area contributed by atoms with Gasteiger partial charge in [-0.3, -0.25) is 9.59 Å². The monoisotopic (exact) mass is 819 g/mol. The summed E-state index contributed by atoms with van der Waals surface area (Å²) in [5.74, 6) is -5.17. The van der Waals surface area contributed by atoms with E-state index >= 15 is 4.79 Å². The molecule has 2 aromatic rings. The van der Waals surface area contributed by atoms with E-state index in [1.54, 1.807) is 90.1 Å². The van der Waals surface area contributed by atoms with Crippen LogP contribution in [0.1, 0.15) is 103 Å². The molecule has 0 aliphatic heterocycles. The highest BCUT2D eigenvalue weighted by Gasteiger charge is 2.77. The molecular weight excluding hydrogens is 762 g/mol. The number of methoxy groups -OCH3 is 1. The Morgan fingerprint density at radius 1 is 0.932 bits per heavy atom. The summed E-state index contributed by atoms with van der Waals surface area (Å²) in [5.41, 5.74) is -7.21. The van der Waals surface area contributed by atoms with Crippen molar-refractivity contribution in [1.82, 2.24) is 5.32 Å². The number of rotatable bonds is 9. The van der Waals surface area contributed by atoms with Gasteiger partial charge in [-0.2, -0.15) is 0 Å². The van der Waals surface area contributed by atoms with E-state index in [1.807, 2.05) is 0 Å². The molecule has 2 bridgehead atoms. The molecule has 0 aromatic heterocycles. The summed E-state index contributed by atoms with van der Waals surface area (Å²) in [6.07, 6.45) is -8.31. The van der Waals surface area contributed by atoms with E-state index in [1.165, 1.54) is 33.1 Å². The van der Waals surface area contributed by atoms with Crippen LogP contribution in [0.15, 0.2) is 71.8 Å². The first-order valence-corrected chi connectivity index (χ1v) is 20.1. The van der Waals surface area contributed by atoms with Crippen LogP contribution in [0.25, 0.3) is 0 Å². The first kappa shape index (κ1) is 43.9. The van der Waals surface area contributed by atoms with E-state index in [-0.39, 0.29) is 29.6 Å². The van der Waals surface area contributed by atoms with Crippen LogP contribution in [0.5, 0.6) is 0 Å². The molecule has 14 heteroatoms. The highest BCUT2D eigenvalue weighted by molar-refractivity contribution is 5.94. The molecule has 6 rings (SSSR count). The van der Waals surface area contributed by atoms with Crippen LogP contribution in [0.4, 0.5) is 4.79 Å². The van der Waals surface area contributed by atoms with Crippen molar-refractivity contribution >= 4 is 29.8 Å². The standard InChI is InChI=1S/C45H57NO13/c1-24-29(56-39(52)34(55-9)32(26-16-12-10-13-17-26)46-40(53)59-41(3,4)5)23-45(54)37(57-38(51)27-18-14-11-15-19-27)35-43(8,36(50)33(49)31(24)42(45,6)7)30(48)22-28-20-21-44(28,35)58-25(2)47/h10-19,28-30,32-35,37,48-49,54H,20-23H2,1-9H3,(H,46,53)/t28-,29+,30+,32+,33-,34-,35+,37+,43-,44+,45-/m1/s1. The van der Waals surface area contributed by atoms with Crippen LogP contribution < -0.4 is 5.32 Å². The maximum atomic E-state index is 15.1. The van der Waals surface area contributed by atoms with Crippen LogP contribution in [-0.4, -0.2) is 99.5 Å². The van der Waals surface area contributed by atoms with Crippen molar-refractivity contribution in [2.24, 2.45) is 22.7 Å². The zero-order valence-corrected chi connectivity index (χ0v) is 35.1. The molecule has 14 nitrogen and oxygen atoms in total. The van der Waals surface area contributed by atoms with E-state index in [2.05, 4.69) is 5.32 Å². The molecule has 0 heterocycles. The summed E-state index contributed by atoms with van der Waals surface area (Å²) < 4.78 is 30.0. The van der Waals surface area contributed by atoms with Gasteiger partial charge in [0.15, 0.2) is 11.9 Å². The second kappa shape index (κ2) is 15.8. The van der Waals surface area contributed by atoms with Crippen molar-refractivity contribution in [3.8, 4) is 0 Å². The highest BCUT2D eigenvalue weighted by Crippen LogP contribution is 2.67. The number of fused-ring (bicyclic) bond motifs is 5. The number of carbonyl (C=O) groups excluding carboxylic acids is 5. The summed E-state index contributed by atoms with van der Waals surface area (Å²) >= 11 is 0. The Bertz CT molecular complexity index is 1990. The maximum Gasteiger partial charge on any atom is 0.408 e. The number of alkyl carbamates (subject to hydrolysis) is 1. The molecule has 4 N–H and O–H groups in total. The molecule has 320 valence electrons. The van der Waals surface area contributed by atoms with Crippen LogP contribution >= 0.6 is 0 Å². The summed E-state index contributed by atoms with van der Waals surface area (Å²) in [5, 5.41) is 40.5. The van der Waals surface area contributed by atoms with E-state index in [0.717, 1.165) is 0 Å². The molecule has 3 saturated carbocycles. The number of esters is 3. The largest absolute Gasteiger partial charge is 0.458 e. The van der Waals surface area contributed by atoms with Gasteiger partial charge in [-0.1, -0.05) is 62.4 Å². The number of amides is 1. The van der Waals surface area contributed by atoms with Crippen molar-refractivity contribution in [2.45, 2.75) is 134 Å². The zero-order chi connectivity index (χ0) is 43.5. The average molecular weight is 820 g/mol. The van der Waals surface area contributed by atoms with Crippen molar-refractivity contribution in [1.29, 1.82) is 0 Å². The first-order chi connectivity index (χ1) is 27.5. The SMILES string of the molecule is CO[C@@H](C(=O)O[C@H]1C[C@@]2(O)[C@@H](OC(=O)c3ccccc3)[C@@H]3[C@]4(OC(C)=O)CC[C@@H]4C[C@H](O)[C@@]3(C)C(=O)[C@H](O)C(=C1C)C2(C)C)[C@@H](NC(=O)OC(C)(C)C)c1ccccc1. The molecule has 0 spiro atoms. The third kappa shape index (κ3) is 7.46. The van der Waals surface area contributed by atoms with Gasteiger partial charge in [0, 0.05) is 31.8 Å². The quantitative estimate of drug-likeness (QED) is 0.151. The number of carbonyl (C=O) groups is 5. The minimum atomic E-state index is -2.26. The molecule has 4 aliphatic rings. The molecule has 1 amide bonds. The van der Waals surface area contributed by atoms with Crippen LogP contribution in [0, 0.1) is 22.7 Å². The summed E-state index contributed by atoms with van der Waals surface area (Å²) in [4.78, 5) is 69.8. The summed E-state index contributed by atoms with van der Waals surface area (Å²) in [6, 6.07) is 15.5. The molecule has 59 heavy (non-hydrogen) atoms. The van der Waals surface area contributed by atoms with Gasteiger partial charge in [-0.15, -0.1) is 0 Å². The summed E-state index contributed by atoms with van der Waals surface area (Å²) in [6.45, 7) is 12.6. The van der Waals surface area contributed by atoms with Crippen molar-refractivity contribution in [2.75, 3.05) is 7.11 Å². The highest BCUT2D eigenvalue weighted by atomic mass is 16.6. The average Bonchev–Trinajstić information content (AvgIpc) is 3.16. The number of ether oxygens (including phenoxy) is 5. The minimum Gasteiger partial charge on any atom is -0.458 e. The minimum absolute atomic E-state index is 0.0133. The van der Waals surface area contributed by atoms with Gasteiger partial charge in [-0.05, 0) is 82.7 Å². The number of aliphatic hydroxyl groups is 3. The van der Waals surface area contributed by atoms with Gasteiger partial charge >= 0.3 is 24.0 Å².